The molecule has 1 fully saturated rings. The number of esters is 1. The van der Waals surface area contributed by atoms with Gasteiger partial charge in [0.1, 0.15) is 5.82 Å². The Labute approximate surface area is 106 Å². The maximum Gasteiger partial charge on any atom is 0.333 e. The largest absolute Gasteiger partial charge is 0.463 e. The quantitative estimate of drug-likeness (QED) is 0.506. The Morgan fingerprint density at radius 1 is 1.44 bits per heavy atom. The van der Waals surface area contributed by atoms with Crippen molar-refractivity contribution in [1.82, 2.24) is 5.32 Å². The summed E-state index contributed by atoms with van der Waals surface area (Å²) < 4.78 is 17.7. The van der Waals surface area contributed by atoms with E-state index in [0.717, 1.165) is 5.56 Å². The van der Waals surface area contributed by atoms with Crippen LogP contribution in [-0.2, 0) is 9.53 Å². The molecule has 0 bridgehead atoms. The first kappa shape index (κ1) is 12.8. The first-order chi connectivity index (χ1) is 8.61. The molecule has 0 unspecified atom stereocenters. The van der Waals surface area contributed by atoms with Crippen LogP contribution in [0.15, 0.2) is 35.9 Å². The summed E-state index contributed by atoms with van der Waals surface area (Å²) in [5.74, 6) is -0.529. The van der Waals surface area contributed by atoms with Gasteiger partial charge in [0, 0.05) is 11.6 Å². The van der Waals surface area contributed by atoms with Crippen molar-refractivity contribution in [3.8, 4) is 0 Å². The van der Waals surface area contributed by atoms with Gasteiger partial charge in [-0.1, -0.05) is 18.2 Å². The molecule has 3 nitrogen and oxygen atoms in total. The van der Waals surface area contributed by atoms with E-state index in [4.69, 9.17) is 4.74 Å². The summed E-state index contributed by atoms with van der Waals surface area (Å²) in [7, 11) is 0. The Balaban J connectivity index is 1.97. The maximum absolute atomic E-state index is 12.8. The van der Waals surface area contributed by atoms with Gasteiger partial charge in [-0.05, 0) is 31.5 Å². The van der Waals surface area contributed by atoms with Crippen LogP contribution in [0, 0.1) is 5.82 Å². The summed E-state index contributed by atoms with van der Waals surface area (Å²) in [4.78, 5) is 11.4. The van der Waals surface area contributed by atoms with E-state index < -0.39 is 0 Å². The summed E-state index contributed by atoms with van der Waals surface area (Å²) in [5, 5.41) is 3.23. The highest BCUT2D eigenvalue weighted by molar-refractivity contribution is 5.88. The first-order valence-electron chi connectivity index (χ1n) is 5.99. The predicted molar refractivity (Wildman–Crippen MR) is 66.5 cm³/mol. The third kappa shape index (κ3) is 2.96. The van der Waals surface area contributed by atoms with Crippen LogP contribution in [0.3, 0.4) is 0 Å². The van der Waals surface area contributed by atoms with Crippen molar-refractivity contribution in [2.75, 3.05) is 6.61 Å². The van der Waals surface area contributed by atoms with Crippen LogP contribution in [0.2, 0.25) is 0 Å². The lowest BCUT2D eigenvalue weighted by Gasteiger charge is -2.00. The molecule has 0 aliphatic carbocycles. The molecule has 2 atom stereocenters. The second kappa shape index (κ2) is 5.31. The van der Waals surface area contributed by atoms with Crippen LogP contribution < -0.4 is 5.32 Å². The van der Waals surface area contributed by atoms with Gasteiger partial charge < -0.3 is 10.1 Å². The highest BCUT2D eigenvalue weighted by Crippen LogP contribution is 2.31. The fourth-order valence-electron chi connectivity index (χ4n) is 1.85. The zero-order valence-electron chi connectivity index (χ0n) is 10.4. The lowest BCUT2D eigenvalue weighted by atomic mass is 10.1. The number of hydrogen-bond donors (Lipinski definition) is 1. The fraction of sp³-hybridized carbons (Fsp3) is 0.357. The molecule has 96 valence electrons. The Bertz CT molecular complexity index is 467. The van der Waals surface area contributed by atoms with Crippen molar-refractivity contribution in [1.29, 1.82) is 0 Å². The topological polar surface area (TPSA) is 48.2 Å². The molecule has 1 heterocycles. The van der Waals surface area contributed by atoms with E-state index in [1.54, 1.807) is 26.0 Å². The molecule has 0 spiro atoms. The number of rotatable bonds is 4. The Kier molecular flexibility index (Phi) is 3.77. The Morgan fingerprint density at radius 2 is 2.11 bits per heavy atom. The number of halogens is 1. The standard InChI is InChI=1S/C14H16FNO2/c1-3-18-14(17)9(2)8-12-13(16-12)10-4-6-11(15)7-5-10/h4-8,12-13,16H,3H2,1-2H3/b9-8+/t12-,13-/m1/s1. The van der Waals surface area contributed by atoms with E-state index in [2.05, 4.69) is 5.32 Å². The van der Waals surface area contributed by atoms with E-state index in [0.29, 0.717) is 12.2 Å². The number of carbonyl (C=O) groups excluding carboxylic acids is 1. The molecule has 1 aromatic rings. The summed E-state index contributed by atoms with van der Waals surface area (Å²) in [5.41, 5.74) is 1.62. The smallest absolute Gasteiger partial charge is 0.333 e. The normalized spacial score (nSPS) is 22.7. The first-order valence-corrected chi connectivity index (χ1v) is 5.99. The fourth-order valence-corrected chi connectivity index (χ4v) is 1.85. The molecular weight excluding hydrogens is 233 g/mol. The average Bonchev–Trinajstić information content (AvgIpc) is 3.09. The number of nitrogens with one attached hydrogen (secondary N) is 1. The van der Waals surface area contributed by atoms with Crippen molar-refractivity contribution >= 4 is 5.97 Å². The van der Waals surface area contributed by atoms with Crippen molar-refractivity contribution in [3.63, 3.8) is 0 Å². The lowest BCUT2D eigenvalue weighted by molar-refractivity contribution is -0.138. The molecule has 1 N–H and O–H groups in total. The summed E-state index contributed by atoms with van der Waals surface area (Å²) in [6, 6.07) is 6.67. The molecular formula is C14H16FNO2. The Hall–Kier alpha value is -1.68. The maximum atomic E-state index is 12.8. The van der Waals surface area contributed by atoms with Gasteiger partial charge in [0.25, 0.3) is 0 Å². The van der Waals surface area contributed by atoms with Gasteiger partial charge in [-0.15, -0.1) is 0 Å². The van der Waals surface area contributed by atoms with Crippen LogP contribution in [0.4, 0.5) is 4.39 Å². The van der Waals surface area contributed by atoms with Crippen LogP contribution in [-0.4, -0.2) is 18.6 Å². The number of ether oxygens (including phenoxy) is 1. The molecule has 1 aromatic carbocycles. The van der Waals surface area contributed by atoms with E-state index >= 15 is 0 Å². The minimum Gasteiger partial charge on any atom is -0.463 e. The minimum absolute atomic E-state index is 0.125. The SMILES string of the molecule is CCOC(=O)/C(C)=C/[C@H]1N[C@@H]1c1ccc(F)cc1. The average molecular weight is 249 g/mol. The molecule has 1 aliphatic heterocycles. The van der Waals surface area contributed by atoms with Crippen molar-refractivity contribution in [3.05, 3.63) is 47.3 Å². The van der Waals surface area contributed by atoms with Gasteiger partial charge >= 0.3 is 5.97 Å². The third-order valence-corrected chi connectivity index (χ3v) is 2.88. The minimum atomic E-state index is -0.288. The Morgan fingerprint density at radius 3 is 2.72 bits per heavy atom. The van der Waals surface area contributed by atoms with E-state index in [9.17, 15) is 9.18 Å². The molecule has 1 saturated heterocycles. The summed E-state index contributed by atoms with van der Waals surface area (Å²) in [6.45, 7) is 3.89. The summed E-state index contributed by atoms with van der Waals surface area (Å²) in [6.07, 6.45) is 1.85. The van der Waals surface area contributed by atoms with Gasteiger partial charge in [0.15, 0.2) is 0 Å². The van der Waals surface area contributed by atoms with E-state index in [1.807, 2.05) is 6.08 Å². The molecule has 2 rings (SSSR count). The van der Waals surface area contributed by atoms with Crippen molar-refractivity contribution in [2.45, 2.75) is 25.9 Å². The number of benzene rings is 1. The molecule has 0 saturated carbocycles. The number of hydrogen-bond acceptors (Lipinski definition) is 3. The van der Waals surface area contributed by atoms with Crippen LogP contribution in [0.1, 0.15) is 25.5 Å². The number of carbonyl (C=O) groups is 1. The van der Waals surface area contributed by atoms with Crippen molar-refractivity contribution < 1.29 is 13.9 Å². The zero-order chi connectivity index (χ0) is 13.1. The second-order valence-electron chi connectivity index (χ2n) is 4.29. The van der Waals surface area contributed by atoms with E-state index in [1.165, 1.54) is 12.1 Å². The second-order valence-corrected chi connectivity index (χ2v) is 4.29. The third-order valence-electron chi connectivity index (χ3n) is 2.88. The lowest BCUT2D eigenvalue weighted by Crippen LogP contribution is -2.06. The van der Waals surface area contributed by atoms with Crippen LogP contribution in [0.25, 0.3) is 0 Å². The van der Waals surface area contributed by atoms with Crippen LogP contribution in [0.5, 0.6) is 0 Å². The zero-order valence-corrected chi connectivity index (χ0v) is 10.4. The van der Waals surface area contributed by atoms with Crippen LogP contribution >= 0.6 is 0 Å². The molecule has 0 radical (unpaired) electrons. The van der Waals surface area contributed by atoms with Gasteiger partial charge in [-0.3, -0.25) is 0 Å². The van der Waals surface area contributed by atoms with Crippen molar-refractivity contribution in [2.24, 2.45) is 0 Å². The molecule has 4 heteroatoms. The van der Waals surface area contributed by atoms with Gasteiger partial charge in [0.2, 0.25) is 0 Å². The molecule has 1 aliphatic rings. The highest BCUT2D eigenvalue weighted by Gasteiger charge is 2.35. The molecule has 0 amide bonds. The summed E-state index contributed by atoms with van der Waals surface area (Å²) >= 11 is 0. The highest BCUT2D eigenvalue weighted by atomic mass is 19.1. The van der Waals surface area contributed by atoms with Gasteiger partial charge in [-0.2, -0.15) is 0 Å². The monoisotopic (exact) mass is 249 g/mol. The van der Waals surface area contributed by atoms with Gasteiger partial charge in [-0.25, -0.2) is 9.18 Å². The molecule has 0 aromatic heterocycles. The van der Waals surface area contributed by atoms with Gasteiger partial charge in [0.05, 0.1) is 12.6 Å². The molecule has 18 heavy (non-hydrogen) atoms. The predicted octanol–water partition coefficient (Wildman–Crippen LogP) is 2.35. The van der Waals surface area contributed by atoms with E-state index in [-0.39, 0.29) is 23.9 Å².